The number of halogens is 2. The second kappa shape index (κ2) is 7.50. The van der Waals surface area contributed by atoms with Gasteiger partial charge in [-0.1, -0.05) is 12.1 Å². The lowest BCUT2D eigenvalue weighted by Crippen LogP contribution is -2.18. The van der Waals surface area contributed by atoms with Crippen molar-refractivity contribution in [1.29, 1.82) is 0 Å². The van der Waals surface area contributed by atoms with Crippen molar-refractivity contribution in [2.24, 2.45) is 0 Å². The molecule has 0 aliphatic carbocycles. The summed E-state index contributed by atoms with van der Waals surface area (Å²) in [6, 6.07) is 9.00. The first-order valence-electron chi connectivity index (χ1n) is 7.09. The summed E-state index contributed by atoms with van der Waals surface area (Å²) in [5.74, 6) is -1.99. The van der Waals surface area contributed by atoms with Gasteiger partial charge >= 0.3 is 0 Å². The summed E-state index contributed by atoms with van der Waals surface area (Å²) >= 11 is 0. The van der Waals surface area contributed by atoms with Crippen LogP contribution in [-0.2, 0) is 21.2 Å². The van der Waals surface area contributed by atoms with Crippen LogP contribution in [0.15, 0.2) is 47.4 Å². The molecule has 24 heavy (non-hydrogen) atoms. The van der Waals surface area contributed by atoms with E-state index in [4.69, 9.17) is 0 Å². The summed E-state index contributed by atoms with van der Waals surface area (Å²) in [4.78, 5) is 11.9. The normalized spacial score (nSPS) is 11.3. The Labute approximate surface area is 138 Å². The zero-order valence-electron chi connectivity index (χ0n) is 12.8. The van der Waals surface area contributed by atoms with Gasteiger partial charge in [0.15, 0.2) is 0 Å². The molecule has 0 saturated heterocycles. The van der Waals surface area contributed by atoms with Crippen molar-refractivity contribution in [3.05, 3.63) is 59.7 Å². The predicted molar refractivity (Wildman–Crippen MR) is 86.0 cm³/mol. The highest BCUT2D eigenvalue weighted by atomic mass is 32.2. The number of benzene rings is 2. The minimum atomic E-state index is -3.50. The van der Waals surface area contributed by atoms with Crippen LogP contribution in [0.2, 0.25) is 0 Å². The summed E-state index contributed by atoms with van der Waals surface area (Å²) in [7, 11) is -2.18. The van der Waals surface area contributed by atoms with E-state index < -0.39 is 27.6 Å². The summed E-state index contributed by atoms with van der Waals surface area (Å²) in [6.45, 7) is 0. The van der Waals surface area contributed by atoms with Gasteiger partial charge in [-0.2, -0.15) is 0 Å². The molecule has 0 spiro atoms. The Morgan fingerprint density at radius 1 is 1.08 bits per heavy atom. The Bertz CT molecular complexity index is 837. The van der Waals surface area contributed by atoms with Crippen molar-refractivity contribution in [3.63, 3.8) is 0 Å². The van der Waals surface area contributed by atoms with Gasteiger partial charge in [0.2, 0.25) is 15.9 Å². The average Bonchev–Trinajstić information content (AvgIpc) is 2.56. The van der Waals surface area contributed by atoms with E-state index in [2.05, 4.69) is 10.0 Å². The Morgan fingerprint density at radius 2 is 1.75 bits per heavy atom. The molecular formula is C16H16F2N2O3S. The van der Waals surface area contributed by atoms with Crippen LogP contribution in [0.25, 0.3) is 0 Å². The smallest absolute Gasteiger partial charge is 0.240 e. The number of aryl methyl sites for hydroxylation is 1. The SMILES string of the molecule is CNS(=O)(=O)c1ccc(CCC(=O)Nc2ccc(F)cc2F)cc1. The highest BCUT2D eigenvalue weighted by molar-refractivity contribution is 7.89. The Kier molecular flexibility index (Phi) is 5.63. The Balaban J connectivity index is 1.94. The molecule has 0 aromatic heterocycles. The fourth-order valence-electron chi connectivity index (χ4n) is 2.01. The summed E-state index contributed by atoms with van der Waals surface area (Å²) < 4.78 is 51.7. The zero-order chi connectivity index (χ0) is 17.7. The molecule has 2 aromatic rings. The predicted octanol–water partition coefficient (Wildman–Crippen LogP) is 2.44. The molecule has 1 amide bonds. The van der Waals surface area contributed by atoms with Gasteiger partial charge in [0, 0.05) is 12.5 Å². The lowest BCUT2D eigenvalue weighted by atomic mass is 10.1. The molecule has 0 aliphatic rings. The van der Waals surface area contributed by atoms with Crippen LogP contribution < -0.4 is 10.0 Å². The quantitative estimate of drug-likeness (QED) is 0.837. The molecule has 2 N–H and O–H groups in total. The molecule has 8 heteroatoms. The molecule has 0 radical (unpaired) electrons. The first-order valence-corrected chi connectivity index (χ1v) is 8.57. The van der Waals surface area contributed by atoms with Crippen LogP contribution in [0.1, 0.15) is 12.0 Å². The molecular weight excluding hydrogens is 338 g/mol. The van der Waals surface area contributed by atoms with Gasteiger partial charge in [-0.25, -0.2) is 21.9 Å². The van der Waals surface area contributed by atoms with E-state index >= 15 is 0 Å². The molecule has 0 fully saturated rings. The third-order valence-electron chi connectivity index (χ3n) is 3.35. The number of amides is 1. The van der Waals surface area contributed by atoms with Crippen molar-refractivity contribution < 1.29 is 22.0 Å². The van der Waals surface area contributed by atoms with Crippen molar-refractivity contribution in [2.75, 3.05) is 12.4 Å². The standard InChI is InChI=1S/C16H16F2N2O3S/c1-19-24(22,23)13-6-2-11(3-7-13)4-9-16(21)20-15-8-5-12(17)10-14(15)18/h2-3,5-8,10,19H,4,9H2,1H3,(H,20,21). The Hall–Kier alpha value is -2.32. The van der Waals surface area contributed by atoms with Crippen LogP contribution in [0.3, 0.4) is 0 Å². The summed E-state index contributed by atoms with van der Waals surface area (Å²) in [5.41, 5.74) is 0.677. The number of nitrogens with one attached hydrogen (secondary N) is 2. The highest BCUT2D eigenvalue weighted by Crippen LogP contribution is 2.16. The molecule has 0 saturated carbocycles. The number of carbonyl (C=O) groups excluding carboxylic acids is 1. The van der Waals surface area contributed by atoms with E-state index in [1.54, 1.807) is 12.1 Å². The minimum Gasteiger partial charge on any atom is -0.324 e. The number of carbonyl (C=O) groups is 1. The largest absolute Gasteiger partial charge is 0.324 e. The third kappa shape index (κ3) is 4.59. The molecule has 128 valence electrons. The molecule has 0 heterocycles. The monoisotopic (exact) mass is 354 g/mol. The Morgan fingerprint density at radius 3 is 2.33 bits per heavy atom. The minimum absolute atomic E-state index is 0.0783. The summed E-state index contributed by atoms with van der Waals surface area (Å²) in [6.07, 6.45) is 0.434. The molecule has 0 bridgehead atoms. The zero-order valence-corrected chi connectivity index (χ0v) is 13.7. The highest BCUT2D eigenvalue weighted by Gasteiger charge is 2.11. The lowest BCUT2D eigenvalue weighted by Gasteiger charge is -2.07. The number of anilines is 1. The lowest BCUT2D eigenvalue weighted by molar-refractivity contribution is -0.116. The number of hydrogen-bond acceptors (Lipinski definition) is 3. The second-order valence-corrected chi connectivity index (χ2v) is 6.91. The van der Waals surface area contributed by atoms with Crippen molar-refractivity contribution >= 4 is 21.6 Å². The van der Waals surface area contributed by atoms with Gasteiger partial charge in [-0.05, 0) is 43.3 Å². The molecule has 2 rings (SSSR count). The van der Waals surface area contributed by atoms with Crippen LogP contribution in [0, 0.1) is 11.6 Å². The molecule has 5 nitrogen and oxygen atoms in total. The van der Waals surface area contributed by atoms with E-state index in [0.29, 0.717) is 12.5 Å². The van der Waals surface area contributed by atoms with Crippen molar-refractivity contribution in [1.82, 2.24) is 4.72 Å². The molecule has 2 aromatic carbocycles. The summed E-state index contributed by atoms with van der Waals surface area (Å²) in [5, 5.41) is 2.37. The number of sulfonamides is 1. The van der Waals surface area contributed by atoms with Gasteiger partial charge in [0.05, 0.1) is 10.6 Å². The molecule has 0 atom stereocenters. The van der Waals surface area contributed by atoms with E-state index in [-0.39, 0.29) is 17.0 Å². The first kappa shape index (κ1) is 18.0. The van der Waals surface area contributed by atoms with E-state index in [0.717, 1.165) is 17.7 Å². The van der Waals surface area contributed by atoms with Gasteiger partial charge in [0.25, 0.3) is 0 Å². The van der Waals surface area contributed by atoms with Crippen LogP contribution >= 0.6 is 0 Å². The van der Waals surface area contributed by atoms with Gasteiger partial charge < -0.3 is 5.32 Å². The topological polar surface area (TPSA) is 75.3 Å². The fourth-order valence-corrected chi connectivity index (χ4v) is 2.74. The first-order chi connectivity index (χ1) is 11.3. The number of hydrogen-bond donors (Lipinski definition) is 2. The number of rotatable bonds is 6. The van der Waals surface area contributed by atoms with Gasteiger partial charge in [0.1, 0.15) is 11.6 Å². The van der Waals surface area contributed by atoms with Crippen molar-refractivity contribution in [2.45, 2.75) is 17.7 Å². The average molecular weight is 354 g/mol. The fraction of sp³-hybridized carbons (Fsp3) is 0.188. The van der Waals surface area contributed by atoms with Crippen molar-refractivity contribution in [3.8, 4) is 0 Å². The third-order valence-corrected chi connectivity index (χ3v) is 4.78. The molecule has 0 aliphatic heterocycles. The van der Waals surface area contributed by atoms with Crippen LogP contribution in [0.5, 0.6) is 0 Å². The second-order valence-electron chi connectivity index (χ2n) is 5.02. The van der Waals surface area contributed by atoms with E-state index in [1.807, 2.05) is 0 Å². The van der Waals surface area contributed by atoms with Crippen LogP contribution in [0.4, 0.5) is 14.5 Å². The van der Waals surface area contributed by atoms with E-state index in [9.17, 15) is 22.0 Å². The maximum absolute atomic E-state index is 13.4. The maximum Gasteiger partial charge on any atom is 0.240 e. The van der Waals surface area contributed by atoms with Crippen LogP contribution in [-0.4, -0.2) is 21.4 Å². The van der Waals surface area contributed by atoms with Gasteiger partial charge in [-0.3, -0.25) is 4.79 Å². The van der Waals surface area contributed by atoms with Gasteiger partial charge in [-0.15, -0.1) is 0 Å². The van der Waals surface area contributed by atoms with E-state index in [1.165, 1.54) is 19.2 Å². The maximum atomic E-state index is 13.4. The molecule has 0 unspecified atom stereocenters.